The molecule has 2 amide bonds. The van der Waals surface area contributed by atoms with Crippen LogP contribution in [-0.4, -0.2) is 25.4 Å². The predicted octanol–water partition coefficient (Wildman–Crippen LogP) is 1.13. The Hall–Kier alpha value is -1.84. The van der Waals surface area contributed by atoms with Crippen LogP contribution >= 0.6 is 0 Å². The normalized spacial score (nSPS) is 30.6. The van der Waals surface area contributed by atoms with Gasteiger partial charge in [-0.25, -0.2) is 0 Å². The summed E-state index contributed by atoms with van der Waals surface area (Å²) in [6.45, 7) is 2.69. The van der Waals surface area contributed by atoms with E-state index < -0.39 is 0 Å². The van der Waals surface area contributed by atoms with E-state index in [-0.39, 0.29) is 29.6 Å². The molecule has 0 bridgehead atoms. The predicted molar refractivity (Wildman–Crippen MR) is 68.3 cm³/mol. The molecule has 2 aliphatic heterocycles. The standard InChI is InChI=1S/C14H16N2O2/c1-8-7-15-13(17)11(8)12-9-5-3-4-6-10(9)16(2)14(12)18/h3-6,8,11-12H,7H2,1-2H3,(H,15,17). The summed E-state index contributed by atoms with van der Waals surface area (Å²) in [5.74, 6) is -0.311. The fourth-order valence-corrected chi connectivity index (χ4v) is 3.11. The number of nitrogens with one attached hydrogen (secondary N) is 1. The first-order valence-electron chi connectivity index (χ1n) is 6.25. The zero-order valence-electron chi connectivity index (χ0n) is 10.5. The van der Waals surface area contributed by atoms with Crippen molar-refractivity contribution in [3.63, 3.8) is 0 Å². The average molecular weight is 244 g/mol. The fourth-order valence-electron chi connectivity index (χ4n) is 3.11. The smallest absolute Gasteiger partial charge is 0.235 e. The Morgan fingerprint density at radius 1 is 1.28 bits per heavy atom. The lowest BCUT2D eigenvalue weighted by Gasteiger charge is -2.19. The number of amides is 2. The van der Waals surface area contributed by atoms with Crippen LogP contribution in [0.25, 0.3) is 0 Å². The largest absolute Gasteiger partial charge is 0.356 e. The molecule has 1 aromatic rings. The maximum absolute atomic E-state index is 12.4. The number of fused-ring (bicyclic) bond motifs is 1. The van der Waals surface area contributed by atoms with Gasteiger partial charge in [0, 0.05) is 19.3 Å². The molecule has 1 saturated heterocycles. The van der Waals surface area contributed by atoms with Crippen LogP contribution < -0.4 is 10.2 Å². The molecule has 3 rings (SSSR count). The average Bonchev–Trinajstić information content (AvgIpc) is 2.81. The Bertz CT molecular complexity index is 526. The third-order valence-electron chi connectivity index (χ3n) is 4.10. The highest BCUT2D eigenvalue weighted by atomic mass is 16.2. The first kappa shape index (κ1) is 11.3. The zero-order chi connectivity index (χ0) is 12.9. The Morgan fingerprint density at radius 3 is 2.67 bits per heavy atom. The topological polar surface area (TPSA) is 49.4 Å². The van der Waals surface area contributed by atoms with Crippen molar-refractivity contribution >= 4 is 17.5 Å². The molecule has 3 unspecified atom stereocenters. The number of likely N-dealkylation sites (N-methyl/N-ethyl adjacent to an activating group) is 1. The van der Waals surface area contributed by atoms with E-state index in [2.05, 4.69) is 5.32 Å². The molecule has 0 aliphatic carbocycles. The number of anilines is 1. The van der Waals surface area contributed by atoms with Gasteiger partial charge in [-0.15, -0.1) is 0 Å². The molecule has 2 heterocycles. The summed E-state index contributed by atoms with van der Waals surface area (Å²) >= 11 is 0. The molecule has 94 valence electrons. The van der Waals surface area contributed by atoms with Crippen LogP contribution in [0.1, 0.15) is 18.4 Å². The summed E-state index contributed by atoms with van der Waals surface area (Å²) in [5, 5.41) is 2.85. The van der Waals surface area contributed by atoms with Crippen LogP contribution in [0.2, 0.25) is 0 Å². The Kier molecular flexibility index (Phi) is 2.40. The van der Waals surface area contributed by atoms with Crippen molar-refractivity contribution < 1.29 is 9.59 Å². The summed E-state index contributed by atoms with van der Waals surface area (Å²) in [4.78, 5) is 26.0. The molecule has 0 spiro atoms. The first-order chi connectivity index (χ1) is 8.61. The van der Waals surface area contributed by atoms with Crippen LogP contribution in [0.5, 0.6) is 0 Å². The van der Waals surface area contributed by atoms with Gasteiger partial charge in [0.25, 0.3) is 0 Å². The highest BCUT2D eigenvalue weighted by Crippen LogP contribution is 2.43. The van der Waals surface area contributed by atoms with Gasteiger partial charge in [0.2, 0.25) is 11.8 Å². The van der Waals surface area contributed by atoms with Crippen molar-refractivity contribution in [1.82, 2.24) is 5.32 Å². The third kappa shape index (κ3) is 1.38. The van der Waals surface area contributed by atoms with E-state index in [1.165, 1.54) is 0 Å². The lowest BCUT2D eigenvalue weighted by Crippen LogP contribution is -2.33. The van der Waals surface area contributed by atoms with Crippen LogP contribution in [0.4, 0.5) is 5.69 Å². The van der Waals surface area contributed by atoms with Gasteiger partial charge in [-0.2, -0.15) is 0 Å². The molecule has 0 radical (unpaired) electrons. The number of rotatable bonds is 1. The number of hydrogen-bond acceptors (Lipinski definition) is 2. The molecule has 1 fully saturated rings. The van der Waals surface area contributed by atoms with Gasteiger partial charge >= 0.3 is 0 Å². The third-order valence-corrected chi connectivity index (χ3v) is 4.10. The minimum atomic E-state index is -0.316. The van der Waals surface area contributed by atoms with E-state index in [1.54, 1.807) is 11.9 Å². The lowest BCUT2D eigenvalue weighted by molar-refractivity contribution is -0.128. The Balaban J connectivity index is 2.08. The number of carbonyl (C=O) groups excluding carboxylic acids is 2. The summed E-state index contributed by atoms with van der Waals surface area (Å²) in [7, 11) is 1.78. The van der Waals surface area contributed by atoms with E-state index in [0.717, 1.165) is 11.3 Å². The van der Waals surface area contributed by atoms with Gasteiger partial charge in [0.15, 0.2) is 0 Å². The van der Waals surface area contributed by atoms with Gasteiger partial charge in [-0.3, -0.25) is 9.59 Å². The van der Waals surface area contributed by atoms with Gasteiger partial charge < -0.3 is 10.2 Å². The first-order valence-corrected chi connectivity index (χ1v) is 6.25. The minimum absolute atomic E-state index is 0.00551. The van der Waals surface area contributed by atoms with Crippen molar-refractivity contribution in [1.29, 1.82) is 0 Å². The molecule has 0 saturated carbocycles. The molecule has 4 nitrogen and oxygen atoms in total. The van der Waals surface area contributed by atoms with Crippen molar-refractivity contribution in [2.24, 2.45) is 11.8 Å². The monoisotopic (exact) mass is 244 g/mol. The number of hydrogen-bond donors (Lipinski definition) is 1. The second kappa shape index (κ2) is 3.83. The SMILES string of the molecule is CC1CNC(=O)C1C1C(=O)N(C)c2ccccc21. The quantitative estimate of drug-likeness (QED) is 0.805. The molecule has 4 heteroatoms. The number of benzene rings is 1. The number of carbonyl (C=O) groups is 2. The second-order valence-electron chi connectivity index (χ2n) is 5.18. The molecule has 1 N–H and O–H groups in total. The van der Waals surface area contributed by atoms with Crippen molar-refractivity contribution in [3.8, 4) is 0 Å². The summed E-state index contributed by atoms with van der Waals surface area (Å²) in [5.41, 5.74) is 1.92. The molecular weight excluding hydrogens is 228 g/mol. The van der Waals surface area contributed by atoms with E-state index in [4.69, 9.17) is 0 Å². The maximum Gasteiger partial charge on any atom is 0.235 e. The molecule has 3 atom stereocenters. The fraction of sp³-hybridized carbons (Fsp3) is 0.429. The van der Waals surface area contributed by atoms with E-state index in [0.29, 0.717) is 6.54 Å². The Morgan fingerprint density at radius 2 is 2.00 bits per heavy atom. The van der Waals surface area contributed by atoms with Gasteiger partial charge in [-0.05, 0) is 17.5 Å². The molecular formula is C14H16N2O2. The number of para-hydroxylation sites is 1. The van der Waals surface area contributed by atoms with Crippen molar-refractivity contribution in [3.05, 3.63) is 29.8 Å². The molecule has 1 aromatic carbocycles. The summed E-state index contributed by atoms with van der Waals surface area (Å²) < 4.78 is 0. The van der Waals surface area contributed by atoms with Crippen molar-refractivity contribution in [2.75, 3.05) is 18.5 Å². The van der Waals surface area contributed by atoms with E-state index in [1.807, 2.05) is 31.2 Å². The van der Waals surface area contributed by atoms with Gasteiger partial charge in [-0.1, -0.05) is 25.1 Å². The molecule has 18 heavy (non-hydrogen) atoms. The second-order valence-corrected chi connectivity index (χ2v) is 5.18. The zero-order valence-corrected chi connectivity index (χ0v) is 10.5. The van der Waals surface area contributed by atoms with Gasteiger partial charge in [0.05, 0.1) is 11.8 Å². The van der Waals surface area contributed by atoms with E-state index in [9.17, 15) is 9.59 Å². The Labute approximate surface area is 106 Å². The van der Waals surface area contributed by atoms with Crippen LogP contribution in [0, 0.1) is 11.8 Å². The summed E-state index contributed by atoms with van der Waals surface area (Å²) in [6.07, 6.45) is 0. The minimum Gasteiger partial charge on any atom is -0.356 e. The highest BCUT2D eigenvalue weighted by Gasteiger charge is 2.47. The lowest BCUT2D eigenvalue weighted by atomic mass is 9.81. The highest BCUT2D eigenvalue weighted by molar-refractivity contribution is 6.07. The maximum atomic E-state index is 12.4. The van der Waals surface area contributed by atoms with Crippen LogP contribution in [0.15, 0.2) is 24.3 Å². The van der Waals surface area contributed by atoms with Crippen molar-refractivity contribution in [2.45, 2.75) is 12.8 Å². The van der Waals surface area contributed by atoms with Crippen LogP contribution in [-0.2, 0) is 9.59 Å². The van der Waals surface area contributed by atoms with Gasteiger partial charge in [0.1, 0.15) is 0 Å². The summed E-state index contributed by atoms with van der Waals surface area (Å²) in [6, 6.07) is 7.74. The van der Waals surface area contributed by atoms with Crippen LogP contribution in [0.3, 0.4) is 0 Å². The van der Waals surface area contributed by atoms with E-state index >= 15 is 0 Å². The molecule has 2 aliphatic rings. The molecule has 0 aromatic heterocycles. The number of nitrogens with zero attached hydrogens (tertiary/aromatic N) is 1.